The lowest BCUT2D eigenvalue weighted by Gasteiger charge is -2.11. The van der Waals surface area contributed by atoms with Gasteiger partial charge in [0.05, 0.1) is 17.6 Å². The second-order valence-electron chi connectivity index (χ2n) is 3.76. The van der Waals surface area contributed by atoms with Crippen molar-refractivity contribution in [2.45, 2.75) is 6.10 Å². The maximum absolute atomic E-state index is 11.4. The summed E-state index contributed by atoms with van der Waals surface area (Å²) < 4.78 is 6.31. The zero-order valence-electron chi connectivity index (χ0n) is 9.48. The molecule has 2 rings (SSSR count). The summed E-state index contributed by atoms with van der Waals surface area (Å²) in [5, 5.41) is 11.3. The normalized spacial score (nSPS) is 12.7. The third-order valence-electron chi connectivity index (χ3n) is 2.70. The first-order valence-corrected chi connectivity index (χ1v) is 5.43. The van der Waals surface area contributed by atoms with E-state index in [0.29, 0.717) is 10.6 Å². The Balaban J connectivity index is 2.66. The number of benzene rings is 1. The molecule has 90 valence electrons. The topological polar surface area (TPSA) is 51.5 Å². The second kappa shape index (κ2) is 4.39. The summed E-state index contributed by atoms with van der Waals surface area (Å²) in [6, 6.07) is 5.27. The van der Waals surface area contributed by atoms with Gasteiger partial charge in [-0.25, -0.2) is 4.79 Å². The number of fused-ring (bicyclic) bond motifs is 1. The molecule has 0 aliphatic carbocycles. The van der Waals surface area contributed by atoms with E-state index in [-0.39, 0.29) is 0 Å². The van der Waals surface area contributed by atoms with Gasteiger partial charge in [-0.1, -0.05) is 29.8 Å². The minimum absolute atomic E-state index is 0.490. The first-order valence-electron chi connectivity index (χ1n) is 5.05. The molecule has 1 unspecified atom stereocenters. The van der Waals surface area contributed by atoms with Gasteiger partial charge in [0.2, 0.25) is 0 Å². The average Bonchev–Trinajstić information content (AvgIpc) is 2.63. The van der Waals surface area contributed by atoms with Crippen molar-refractivity contribution < 1.29 is 14.6 Å². The van der Waals surface area contributed by atoms with E-state index in [1.165, 1.54) is 7.11 Å². The maximum Gasteiger partial charge on any atom is 0.339 e. The van der Waals surface area contributed by atoms with Crippen LogP contribution in [0.3, 0.4) is 0 Å². The SMILES string of the molecule is COC(=O)C(O)c1cccc2c(Cl)cn(C)c12. The third-order valence-corrected chi connectivity index (χ3v) is 3.00. The fourth-order valence-corrected chi connectivity index (χ4v) is 2.21. The van der Waals surface area contributed by atoms with Crippen LogP contribution in [0.4, 0.5) is 0 Å². The lowest BCUT2D eigenvalue weighted by Crippen LogP contribution is -2.14. The number of methoxy groups -OCH3 is 1. The Morgan fingerprint density at radius 1 is 1.53 bits per heavy atom. The number of hydrogen-bond acceptors (Lipinski definition) is 3. The van der Waals surface area contributed by atoms with E-state index in [0.717, 1.165) is 10.9 Å². The highest BCUT2D eigenvalue weighted by Gasteiger charge is 2.22. The summed E-state index contributed by atoms with van der Waals surface area (Å²) in [6.07, 6.45) is 0.438. The summed E-state index contributed by atoms with van der Waals surface area (Å²) >= 11 is 6.05. The molecule has 17 heavy (non-hydrogen) atoms. The molecule has 1 N–H and O–H groups in total. The maximum atomic E-state index is 11.4. The van der Waals surface area contributed by atoms with Crippen molar-refractivity contribution >= 4 is 28.5 Å². The molecule has 0 aliphatic heterocycles. The van der Waals surface area contributed by atoms with E-state index in [1.807, 2.05) is 13.1 Å². The van der Waals surface area contributed by atoms with Crippen molar-refractivity contribution in [2.24, 2.45) is 7.05 Å². The number of carbonyl (C=O) groups is 1. The molecule has 0 amide bonds. The molecule has 0 saturated carbocycles. The van der Waals surface area contributed by atoms with E-state index < -0.39 is 12.1 Å². The molecule has 1 heterocycles. The fraction of sp³-hybridized carbons (Fsp3) is 0.250. The van der Waals surface area contributed by atoms with Crippen LogP contribution in [0, 0.1) is 0 Å². The van der Waals surface area contributed by atoms with Gasteiger partial charge in [-0.2, -0.15) is 0 Å². The van der Waals surface area contributed by atoms with E-state index >= 15 is 0 Å². The molecule has 1 aromatic heterocycles. The highest BCUT2D eigenvalue weighted by atomic mass is 35.5. The van der Waals surface area contributed by atoms with E-state index in [9.17, 15) is 9.90 Å². The molecule has 0 fully saturated rings. The summed E-state index contributed by atoms with van der Waals surface area (Å²) in [5.74, 6) is -0.685. The van der Waals surface area contributed by atoms with Crippen LogP contribution in [0.5, 0.6) is 0 Å². The molecule has 5 heteroatoms. The Labute approximate surface area is 103 Å². The summed E-state index contributed by atoms with van der Waals surface area (Å²) in [6.45, 7) is 0. The standard InChI is InChI=1S/C12H12ClNO3/c1-14-6-9(13)7-4-3-5-8(10(7)14)11(15)12(16)17-2/h3-6,11,15H,1-2H3. The second-order valence-corrected chi connectivity index (χ2v) is 4.16. The van der Waals surface area contributed by atoms with Crippen LogP contribution in [-0.4, -0.2) is 22.8 Å². The highest BCUT2D eigenvalue weighted by molar-refractivity contribution is 6.35. The zero-order chi connectivity index (χ0) is 12.6. The third kappa shape index (κ3) is 1.90. The number of para-hydroxylation sites is 1. The molecule has 0 aliphatic rings. The van der Waals surface area contributed by atoms with Crippen LogP contribution in [0.15, 0.2) is 24.4 Å². The van der Waals surface area contributed by atoms with Gasteiger partial charge in [0.1, 0.15) is 0 Å². The molecule has 0 radical (unpaired) electrons. The number of aromatic nitrogens is 1. The van der Waals surface area contributed by atoms with Crippen LogP contribution >= 0.6 is 11.6 Å². The zero-order valence-corrected chi connectivity index (χ0v) is 10.2. The predicted octanol–water partition coefficient (Wildman–Crippen LogP) is 2.04. The lowest BCUT2D eigenvalue weighted by molar-refractivity contribution is -0.150. The molecule has 2 aromatic rings. The lowest BCUT2D eigenvalue weighted by atomic mass is 10.1. The van der Waals surface area contributed by atoms with Gasteiger partial charge in [0, 0.05) is 24.2 Å². The van der Waals surface area contributed by atoms with Gasteiger partial charge < -0.3 is 14.4 Å². The molecule has 4 nitrogen and oxygen atoms in total. The van der Waals surface area contributed by atoms with Crippen LogP contribution in [0.1, 0.15) is 11.7 Å². The molecule has 0 spiro atoms. The molecular weight excluding hydrogens is 242 g/mol. The van der Waals surface area contributed by atoms with Crippen molar-refractivity contribution in [3.63, 3.8) is 0 Å². The minimum atomic E-state index is -1.30. The number of aliphatic hydroxyl groups excluding tert-OH is 1. The number of aryl methyl sites for hydroxylation is 1. The summed E-state index contributed by atoms with van der Waals surface area (Å²) in [4.78, 5) is 11.4. The summed E-state index contributed by atoms with van der Waals surface area (Å²) in [7, 11) is 3.05. The Kier molecular flexibility index (Phi) is 3.09. The Morgan fingerprint density at radius 2 is 2.24 bits per heavy atom. The fourth-order valence-electron chi connectivity index (χ4n) is 1.91. The quantitative estimate of drug-likeness (QED) is 0.834. The number of carbonyl (C=O) groups excluding carboxylic acids is 1. The van der Waals surface area contributed by atoms with Gasteiger partial charge in [0.15, 0.2) is 6.10 Å². The molecule has 0 bridgehead atoms. The number of nitrogens with zero attached hydrogens (tertiary/aromatic N) is 1. The van der Waals surface area contributed by atoms with E-state index in [2.05, 4.69) is 4.74 Å². The number of ether oxygens (including phenoxy) is 1. The number of rotatable bonds is 2. The minimum Gasteiger partial charge on any atom is -0.467 e. The number of halogens is 1. The molecule has 1 atom stereocenters. The van der Waals surface area contributed by atoms with Crippen LogP contribution in [0.25, 0.3) is 10.9 Å². The smallest absolute Gasteiger partial charge is 0.339 e. The first kappa shape index (κ1) is 12.0. The molecular formula is C12H12ClNO3. The largest absolute Gasteiger partial charge is 0.467 e. The highest BCUT2D eigenvalue weighted by Crippen LogP contribution is 2.30. The van der Waals surface area contributed by atoms with Gasteiger partial charge in [-0.15, -0.1) is 0 Å². The number of aliphatic hydroxyl groups is 1. The van der Waals surface area contributed by atoms with Gasteiger partial charge in [0.25, 0.3) is 0 Å². The first-order chi connectivity index (χ1) is 8.06. The van der Waals surface area contributed by atoms with Crippen molar-refractivity contribution in [1.82, 2.24) is 4.57 Å². The number of esters is 1. The summed E-state index contributed by atoms with van der Waals surface area (Å²) in [5.41, 5.74) is 1.22. The Morgan fingerprint density at radius 3 is 2.88 bits per heavy atom. The molecule has 0 saturated heterocycles. The van der Waals surface area contributed by atoms with Crippen molar-refractivity contribution in [1.29, 1.82) is 0 Å². The number of hydrogen-bond donors (Lipinski definition) is 1. The van der Waals surface area contributed by atoms with Crippen molar-refractivity contribution in [3.8, 4) is 0 Å². The van der Waals surface area contributed by atoms with Gasteiger partial charge in [-0.3, -0.25) is 0 Å². The molecule has 1 aromatic carbocycles. The van der Waals surface area contributed by atoms with Gasteiger partial charge >= 0.3 is 5.97 Å². The van der Waals surface area contributed by atoms with E-state index in [1.54, 1.807) is 22.9 Å². The van der Waals surface area contributed by atoms with E-state index in [4.69, 9.17) is 11.6 Å². The Hall–Kier alpha value is -1.52. The van der Waals surface area contributed by atoms with Gasteiger partial charge in [-0.05, 0) is 0 Å². The van der Waals surface area contributed by atoms with Crippen LogP contribution < -0.4 is 0 Å². The Bertz CT molecular complexity index is 576. The predicted molar refractivity (Wildman–Crippen MR) is 64.9 cm³/mol. The van der Waals surface area contributed by atoms with Crippen LogP contribution in [0.2, 0.25) is 5.02 Å². The monoisotopic (exact) mass is 253 g/mol. The van der Waals surface area contributed by atoms with Crippen LogP contribution in [-0.2, 0) is 16.6 Å². The van der Waals surface area contributed by atoms with Crippen molar-refractivity contribution in [3.05, 3.63) is 35.0 Å². The van der Waals surface area contributed by atoms with Crippen molar-refractivity contribution in [2.75, 3.05) is 7.11 Å². The average molecular weight is 254 g/mol.